The fraction of sp³-hybridized carbons (Fsp3) is 0.692. The van der Waals surface area contributed by atoms with Crippen LogP contribution in [0.4, 0.5) is 17.5 Å². The van der Waals surface area contributed by atoms with Crippen LogP contribution in [0.1, 0.15) is 40.5 Å². The molecule has 0 spiro atoms. The summed E-state index contributed by atoms with van der Waals surface area (Å²) in [5, 5.41) is 14.2. The van der Waals surface area contributed by atoms with Crippen LogP contribution < -0.4 is 10.2 Å². The lowest BCUT2D eigenvalue weighted by Gasteiger charge is -2.35. The van der Waals surface area contributed by atoms with Crippen LogP contribution in [0.25, 0.3) is 0 Å². The van der Waals surface area contributed by atoms with Crippen molar-refractivity contribution in [2.45, 2.75) is 46.1 Å². The Bertz CT molecular complexity index is 476. The van der Waals surface area contributed by atoms with Gasteiger partial charge in [-0.3, -0.25) is 10.1 Å². The van der Waals surface area contributed by atoms with Crippen LogP contribution in [-0.2, 0) is 0 Å². The standard InChI is InChI=1S/C13H23N5O2/c1-6-8-14-12-15-9-10(18(19)20)11(16-12)17(5)13(3,4)7-2/h9H,6-8H2,1-5H3,(H,14,15,16). The van der Waals surface area contributed by atoms with E-state index in [1.165, 1.54) is 6.20 Å². The number of aromatic nitrogens is 2. The van der Waals surface area contributed by atoms with Crippen LogP contribution in [0.5, 0.6) is 0 Å². The lowest BCUT2D eigenvalue weighted by molar-refractivity contribution is -0.384. The van der Waals surface area contributed by atoms with Gasteiger partial charge in [0.05, 0.1) is 4.92 Å². The van der Waals surface area contributed by atoms with Crippen molar-refractivity contribution in [2.75, 3.05) is 23.8 Å². The summed E-state index contributed by atoms with van der Waals surface area (Å²) in [6, 6.07) is 0. The molecule has 7 heteroatoms. The highest BCUT2D eigenvalue weighted by Crippen LogP contribution is 2.31. The van der Waals surface area contributed by atoms with Crippen molar-refractivity contribution >= 4 is 17.5 Å². The number of nitro groups is 1. The van der Waals surface area contributed by atoms with Crippen LogP contribution in [0.3, 0.4) is 0 Å². The fourth-order valence-electron chi connectivity index (χ4n) is 1.59. The van der Waals surface area contributed by atoms with Gasteiger partial charge in [0, 0.05) is 19.1 Å². The van der Waals surface area contributed by atoms with Crippen LogP contribution in [0, 0.1) is 10.1 Å². The van der Waals surface area contributed by atoms with E-state index in [0.717, 1.165) is 19.4 Å². The summed E-state index contributed by atoms with van der Waals surface area (Å²) >= 11 is 0. The van der Waals surface area contributed by atoms with Gasteiger partial charge in [0.2, 0.25) is 11.8 Å². The first-order valence-corrected chi connectivity index (χ1v) is 6.82. The highest BCUT2D eigenvalue weighted by Gasteiger charge is 2.29. The molecule has 1 aromatic rings. The van der Waals surface area contributed by atoms with E-state index in [-0.39, 0.29) is 11.2 Å². The molecule has 0 bridgehead atoms. The molecule has 1 N–H and O–H groups in total. The van der Waals surface area contributed by atoms with Gasteiger partial charge in [-0.05, 0) is 26.7 Å². The zero-order chi connectivity index (χ0) is 15.3. The van der Waals surface area contributed by atoms with Gasteiger partial charge >= 0.3 is 5.69 Å². The van der Waals surface area contributed by atoms with Crippen molar-refractivity contribution in [3.63, 3.8) is 0 Å². The first-order chi connectivity index (χ1) is 9.33. The summed E-state index contributed by atoms with van der Waals surface area (Å²) in [5.74, 6) is 0.765. The summed E-state index contributed by atoms with van der Waals surface area (Å²) < 4.78 is 0. The molecule has 0 unspecified atom stereocenters. The Hall–Kier alpha value is -1.92. The average molecular weight is 281 g/mol. The Labute approximate surface area is 119 Å². The minimum Gasteiger partial charge on any atom is -0.354 e. The number of hydrogen-bond acceptors (Lipinski definition) is 6. The van der Waals surface area contributed by atoms with Gasteiger partial charge in [-0.1, -0.05) is 13.8 Å². The summed E-state index contributed by atoms with van der Waals surface area (Å²) in [5.41, 5.74) is -0.294. The molecule has 0 saturated carbocycles. The van der Waals surface area contributed by atoms with Crippen molar-refractivity contribution in [2.24, 2.45) is 0 Å². The molecule has 1 aromatic heterocycles. The lowest BCUT2D eigenvalue weighted by Crippen LogP contribution is -2.41. The molecule has 0 aliphatic rings. The van der Waals surface area contributed by atoms with E-state index in [9.17, 15) is 10.1 Å². The Morgan fingerprint density at radius 3 is 2.60 bits per heavy atom. The normalized spacial score (nSPS) is 11.2. The van der Waals surface area contributed by atoms with E-state index in [2.05, 4.69) is 15.3 Å². The molecular weight excluding hydrogens is 258 g/mol. The van der Waals surface area contributed by atoms with Crippen LogP contribution >= 0.6 is 0 Å². The maximum Gasteiger partial charge on any atom is 0.329 e. The first-order valence-electron chi connectivity index (χ1n) is 6.82. The van der Waals surface area contributed by atoms with Crippen LogP contribution in [0.2, 0.25) is 0 Å². The number of anilines is 2. The molecule has 112 valence electrons. The molecule has 0 aliphatic heterocycles. The largest absolute Gasteiger partial charge is 0.354 e. The number of hydrogen-bond donors (Lipinski definition) is 1. The van der Waals surface area contributed by atoms with Crippen molar-refractivity contribution in [3.05, 3.63) is 16.3 Å². The summed E-state index contributed by atoms with van der Waals surface area (Å²) in [6.45, 7) is 8.86. The molecule has 0 amide bonds. The predicted molar refractivity (Wildman–Crippen MR) is 80.2 cm³/mol. The predicted octanol–water partition coefficient (Wildman–Crippen LogP) is 2.83. The Morgan fingerprint density at radius 2 is 2.10 bits per heavy atom. The highest BCUT2D eigenvalue weighted by atomic mass is 16.6. The molecule has 20 heavy (non-hydrogen) atoms. The quantitative estimate of drug-likeness (QED) is 0.611. The summed E-state index contributed by atoms with van der Waals surface area (Å²) in [7, 11) is 1.82. The lowest BCUT2D eigenvalue weighted by atomic mass is 10.00. The topological polar surface area (TPSA) is 84.2 Å². The summed E-state index contributed by atoms with van der Waals surface area (Å²) in [6.07, 6.45) is 3.05. The van der Waals surface area contributed by atoms with Gasteiger partial charge in [0.15, 0.2) is 0 Å². The van der Waals surface area contributed by atoms with E-state index in [1.807, 2.05) is 39.6 Å². The van der Waals surface area contributed by atoms with E-state index in [4.69, 9.17) is 0 Å². The molecular formula is C13H23N5O2. The molecule has 0 aromatic carbocycles. The molecule has 0 fully saturated rings. The van der Waals surface area contributed by atoms with Gasteiger partial charge in [-0.25, -0.2) is 4.98 Å². The van der Waals surface area contributed by atoms with Crippen molar-refractivity contribution < 1.29 is 4.92 Å². The van der Waals surface area contributed by atoms with Gasteiger partial charge in [0.1, 0.15) is 6.20 Å². The molecule has 0 saturated heterocycles. The van der Waals surface area contributed by atoms with E-state index in [1.54, 1.807) is 0 Å². The van der Waals surface area contributed by atoms with Crippen molar-refractivity contribution in [3.8, 4) is 0 Å². The molecule has 0 aliphatic carbocycles. The third kappa shape index (κ3) is 3.55. The fourth-order valence-corrected chi connectivity index (χ4v) is 1.59. The van der Waals surface area contributed by atoms with Gasteiger partial charge in [-0.2, -0.15) is 4.98 Å². The maximum absolute atomic E-state index is 11.1. The van der Waals surface area contributed by atoms with Crippen LogP contribution in [-0.4, -0.2) is 34.0 Å². The second-order valence-electron chi connectivity index (χ2n) is 5.31. The van der Waals surface area contributed by atoms with Gasteiger partial charge in [0.25, 0.3) is 0 Å². The molecule has 0 atom stereocenters. The Kier molecular flexibility index (Phi) is 5.24. The van der Waals surface area contributed by atoms with E-state index < -0.39 is 4.92 Å². The molecule has 7 nitrogen and oxygen atoms in total. The number of nitrogens with zero attached hydrogens (tertiary/aromatic N) is 4. The third-order valence-electron chi connectivity index (χ3n) is 3.57. The average Bonchev–Trinajstić information content (AvgIpc) is 2.43. The minimum atomic E-state index is -0.443. The Morgan fingerprint density at radius 1 is 1.45 bits per heavy atom. The van der Waals surface area contributed by atoms with Crippen LogP contribution in [0.15, 0.2) is 6.20 Å². The first kappa shape index (κ1) is 16.1. The third-order valence-corrected chi connectivity index (χ3v) is 3.57. The second-order valence-corrected chi connectivity index (χ2v) is 5.31. The zero-order valence-electron chi connectivity index (χ0n) is 12.8. The van der Waals surface area contributed by atoms with Crippen molar-refractivity contribution in [1.29, 1.82) is 0 Å². The minimum absolute atomic E-state index is 0.0731. The monoisotopic (exact) mass is 281 g/mol. The zero-order valence-corrected chi connectivity index (χ0v) is 12.8. The van der Waals surface area contributed by atoms with Gasteiger partial charge in [-0.15, -0.1) is 0 Å². The maximum atomic E-state index is 11.1. The van der Waals surface area contributed by atoms with E-state index in [0.29, 0.717) is 11.8 Å². The summed E-state index contributed by atoms with van der Waals surface area (Å²) in [4.78, 5) is 20.8. The number of rotatable bonds is 7. The molecule has 0 radical (unpaired) electrons. The SMILES string of the molecule is CCCNc1ncc([N+](=O)[O-])c(N(C)C(C)(C)CC)n1. The second kappa shape index (κ2) is 6.49. The van der Waals surface area contributed by atoms with Crippen molar-refractivity contribution in [1.82, 2.24) is 9.97 Å². The molecule has 1 rings (SSSR count). The number of nitrogens with one attached hydrogen (secondary N) is 1. The van der Waals surface area contributed by atoms with Gasteiger partial charge < -0.3 is 10.2 Å². The smallest absolute Gasteiger partial charge is 0.329 e. The highest BCUT2D eigenvalue weighted by molar-refractivity contribution is 5.59. The Balaban J connectivity index is 3.21. The molecule has 1 heterocycles. The van der Waals surface area contributed by atoms with E-state index >= 15 is 0 Å².